The third-order valence-corrected chi connectivity index (χ3v) is 5.14. The maximum absolute atomic E-state index is 12.5. The number of likely N-dealkylation sites (N-methyl/N-ethyl adjacent to an activating group) is 3. The molecule has 0 aliphatic rings. The molecule has 9 heteroatoms. The molecule has 0 aliphatic carbocycles. The quantitative estimate of drug-likeness (QED) is 0.254. The molecule has 0 atom stereocenters. The highest BCUT2D eigenvalue weighted by molar-refractivity contribution is 6.07. The van der Waals surface area contributed by atoms with Crippen LogP contribution in [0.4, 0.5) is 10.5 Å². The summed E-state index contributed by atoms with van der Waals surface area (Å²) < 4.78 is 15.1. The van der Waals surface area contributed by atoms with Crippen LogP contribution in [0.1, 0.15) is 41.5 Å². The topological polar surface area (TPSA) is 88.6 Å². The lowest BCUT2D eigenvalue weighted by atomic mass is 10.0. The summed E-state index contributed by atoms with van der Waals surface area (Å²) in [5.74, 6) is -1.29. The molecule has 1 aromatic rings. The summed E-state index contributed by atoms with van der Waals surface area (Å²) >= 11 is 0. The van der Waals surface area contributed by atoms with Crippen LogP contribution < -0.4 is 4.90 Å². The molecule has 0 N–H and O–H groups in total. The van der Waals surface area contributed by atoms with E-state index in [1.54, 1.807) is 42.1 Å². The van der Waals surface area contributed by atoms with E-state index in [9.17, 15) is 14.4 Å². The number of methoxy groups -OCH3 is 2. The van der Waals surface area contributed by atoms with Crippen molar-refractivity contribution in [1.82, 2.24) is 9.80 Å². The molecule has 1 amide bonds. The zero-order valence-electron chi connectivity index (χ0n) is 22.7. The van der Waals surface area contributed by atoms with Crippen LogP contribution in [0.5, 0.6) is 0 Å². The van der Waals surface area contributed by atoms with Gasteiger partial charge in [-0.05, 0) is 51.6 Å². The Morgan fingerprint density at radius 2 is 1.56 bits per heavy atom. The van der Waals surface area contributed by atoms with E-state index in [-0.39, 0.29) is 17.2 Å². The van der Waals surface area contributed by atoms with E-state index in [2.05, 4.69) is 13.2 Å². The molecule has 198 valence electrons. The van der Waals surface area contributed by atoms with E-state index in [0.29, 0.717) is 31.0 Å². The van der Waals surface area contributed by atoms with Crippen molar-refractivity contribution in [2.24, 2.45) is 0 Å². The van der Waals surface area contributed by atoms with Crippen molar-refractivity contribution in [3.8, 4) is 0 Å². The molecule has 9 nitrogen and oxygen atoms in total. The number of anilines is 1. The summed E-state index contributed by atoms with van der Waals surface area (Å²) in [6.45, 7) is 15.4. The van der Waals surface area contributed by atoms with Crippen molar-refractivity contribution in [1.29, 1.82) is 0 Å². The molecule has 0 aliphatic heterocycles. The first-order valence-electron chi connectivity index (χ1n) is 11.4. The van der Waals surface area contributed by atoms with Crippen molar-refractivity contribution in [2.75, 3.05) is 59.9 Å². The average Bonchev–Trinajstić information content (AvgIpc) is 2.82. The number of carbonyl (C=O) groups is 3. The molecule has 0 heterocycles. The number of hydrogen-bond donors (Lipinski definition) is 0. The first-order chi connectivity index (χ1) is 16.7. The first kappa shape index (κ1) is 30.4. The van der Waals surface area contributed by atoms with Gasteiger partial charge < -0.3 is 28.9 Å². The fourth-order valence-corrected chi connectivity index (χ4v) is 3.13. The molecule has 0 radical (unpaired) electrons. The fraction of sp³-hybridized carbons (Fsp3) is 0.444. The Morgan fingerprint density at radius 1 is 0.944 bits per heavy atom. The van der Waals surface area contributed by atoms with Crippen LogP contribution in [0.3, 0.4) is 0 Å². The minimum absolute atomic E-state index is 0.0940. The smallest absolute Gasteiger partial charge is 0.410 e. The molecule has 1 aromatic carbocycles. The lowest BCUT2D eigenvalue weighted by Gasteiger charge is -2.26. The number of esters is 2. The summed E-state index contributed by atoms with van der Waals surface area (Å²) in [6.07, 6.45) is 3.24. The molecule has 36 heavy (non-hydrogen) atoms. The molecule has 0 saturated carbocycles. The number of benzene rings is 1. The second kappa shape index (κ2) is 13.5. The molecule has 0 saturated heterocycles. The SMILES string of the molecule is C=C(/C=C\C(=C)N(C)c1cccc(C(=O)OC)c1C(=O)OC)CN(C)CCN(C)C(=O)OC(C)(C)C. The van der Waals surface area contributed by atoms with Crippen molar-refractivity contribution < 1.29 is 28.6 Å². The van der Waals surface area contributed by atoms with Gasteiger partial charge in [-0.2, -0.15) is 0 Å². The third kappa shape index (κ3) is 9.22. The van der Waals surface area contributed by atoms with Gasteiger partial charge in [-0.1, -0.05) is 25.3 Å². The lowest BCUT2D eigenvalue weighted by Crippen LogP contribution is -2.38. The van der Waals surface area contributed by atoms with Gasteiger partial charge in [-0.15, -0.1) is 0 Å². The van der Waals surface area contributed by atoms with Crippen LogP contribution >= 0.6 is 0 Å². The summed E-state index contributed by atoms with van der Waals surface area (Å²) in [4.78, 5) is 42.0. The maximum atomic E-state index is 12.5. The van der Waals surface area contributed by atoms with Gasteiger partial charge in [-0.25, -0.2) is 14.4 Å². The second-order valence-corrected chi connectivity index (χ2v) is 9.36. The van der Waals surface area contributed by atoms with Gasteiger partial charge >= 0.3 is 18.0 Å². The van der Waals surface area contributed by atoms with Crippen molar-refractivity contribution in [2.45, 2.75) is 26.4 Å². The van der Waals surface area contributed by atoms with E-state index in [4.69, 9.17) is 14.2 Å². The Labute approximate surface area is 214 Å². The van der Waals surface area contributed by atoms with Gasteiger partial charge in [0.25, 0.3) is 0 Å². The number of rotatable bonds is 11. The Balaban J connectivity index is 2.82. The van der Waals surface area contributed by atoms with Gasteiger partial charge in [0.15, 0.2) is 0 Å². The van der Waals surface area contributed by atoms with Crippen LogP contribution in [-0.2, 0) is 14.2 Å². The number of hydrogen-bond acceptors (Lipinski definition) is 8. The molecule has 0 fully saturated rings. The summed E-state index contributed by atoms with van der Waals surface area (Å²) in [6, 6.07) is 4.86. The average molecular weight is 502 g/mol. The predicted molar refractivity (Wildman–Crippen MR) is 141 cm³/mol. The molecule has 0 bridgehead atoms. The summed E-state index contributed by atoms with van der Waals surface area (Å²) in [7, 11) is 7.87. The number of carbonyl (C=O) groups excluding carboxylic acids is 3. The van der Waals surface area contributed by atoms with Crippen LogP contribution in [0.15, 0.2) is 54.8 Å². The Hall–Kier alpha value is -3.59. The minimum atomic E-state index is -0.656. The van der Waals surface area contributed by atoms with E-state index < -0.39 is 17.5 Å². The third-order valence-electron chi connectivity index (χ3n) is 5.14. The molecular weight excluding hydrogens is 462 g/mol. The van der Waals surface area contributed by atoms with E-state index in [1.807, 2.05) is 38.8 Å². The lowest BCUT2D eigenvalue weighted by molar-refractivity contribution is 0.0288. The second-order valence-electron chi connectivity index (χ2n) is 9.36. The number of ether oxygens (including phenoxy) is 3. The zero-order valence-corrected chi connectivity index (χ0v) is 22.7. The highest BCUT2D eigenvalue weighted by Crippen LogP contribution is 2.27. The number of allylic oxidation sites excluding steroid dienone is 1. The Morgan fingerprint density at radius 3 is 2.11 bits per heavy atom. The zero-order chi connectivity index (χ0) is 27.6. The summed E-state index contributed by atoms with van der Waals surface area (Å²) in [5.41, 5.74) is 1.50. The van der Waals surface area contributed by atoms with E-state index >= 15 is 0 Å². The van der Waals surface area contributed by atoms with Crippen molar-refractivity contribution in [3.63, 3.8) is 0 Å². The minimum Gasteiger partial charge on any atom is -0.465 e. The standard InChI is InChI=1S/C27H39N3O6/c1-19(18-28(6)16-17-29(7)26(33)36-27(3,4)5)14-15-20(2)30(8)22-13-11-12-21(24(31)34-9)23(22)25(32)35-10/h11-15H,1-2,16-18H2,3-10H3/b15-14-. The van der Waals surface area contributed by atoms with Gasteiger partial charge in [0.1, 0.15) is 5.60 Å². The van der Waals surface area contributed by atoms with Crippen LogP contribution in [0, 0.1) is 0 Å². The van der Waals surface area contributed by atoms with E-state index in [0.717, 1.165) is 5.57 Å². The summed E-state index contributed by atoms with van der Waals surface area (Å²) in [5, 5.41) is 0. The molecule has 0 unspecified atom stereocenters. The van der Waals surface area contributed by atoms with Crippen LogP contribution in [-0.4, -0.2) is 88.4 Å². The molecule has 0 aromatic heterocycles. The highest BCUT2D eigenvalue weighted by Gasteiger charge is 2.24. The Kier molecular flexibility index (Phi) is 11.4. The Bertz CT molecular complexity index is 1010. The number of amides is 1. The predicted octanol–water partition coefficient (Wildman–Crippen LogP) is 4.12. The van der Waals surface area contributed by atoms with Gasteiger partial charge in [0.2, 0.25) is 0 Å². The van der Waals surface area contributed by atoms with Crippen LogP contribution in [0.2, 0.25) is 0 Å². The molecule has 1 rings (SSSR count). The fourth-order valence-electron chi connectivity index (χ4n) is 3.13. The van der Waals surface area contributed by atoms with Gasteiger partial charge in [0, 0.05) is 39.4 Å². The van der Waals surface area contributed by atoms with Crippen molar-refractivity contribution in [3.05, 3.63) is 65.9 Å². The van der Waals surface area contributed by atoms with Gasteiger partial charge in [-0.3, -0.25) is 0 Å². The van der Waals surface area contributed by atoms with Crippen LogP contribution in [0.25, 0.3) is 0 Å². The maximum Gasteiger partial charge on any atom is 0.410 e. The molecular formula is C27H39N3O6. The van der Waals surface area contributed by atoms with Crippen molar-refractivity contribution >= 4 is 23.7 Å². The van der Waals surface area contributed by atoms with E-state index in [1.165, 1.54) is 20.3 Å². The molecule has 0 spiro atoms. The monoisotopic (exact) mass is 501 g/mol. The first-order valence-corrected chi connectivity index (χ1v) is 11.4. The number of nitrogens with zero attached hydrogens (tertiary/aromatic N) is 3. The highest BCUT2D eigenvalue weighted by atomic mass is 16.6. The normalized spacial score (nSPS) is 11.2. The largest absolute Gasteiger partial charge is 0.465 e. The van der Waals surface area contributed by atoms with Gasteiger partial charge in [0.05, 0.1) is 31.0 Å².